The maximum atomic E-state index is 13.4. The van der Waals surface area contributed by atoms with Crippen LogP contribution in [-0.4, -0.2) is 26.0 Å². The number of carbonyl (C=O) groups excluding carboxylic acids is 1. The smallest absolute Gasteiger partial charge is 0.156 e. The molecule has 0 bridgehead atoms. The number of ketones is 1. The van der Waals surface area contributed by atoms with Crippen molar-refractivity contribution >= 4 is 5.78 Å². The van der Waals surface area contributed by atoms with E-state index >= 15 is 0 Å². The van der Waals surface area contributed by atoms with E-state index in [0.29, 0.717) is 35.3 Å². The molecule has 4 fully saturated rings. The molecule has 0 amide bonds. The van der Waals surface area contributed by atoms with E-state index in [0.717, 1.165) is 37.5 Å². The van der Waals surface area contributed by atoms with Gasteiger partial charge in [-0.15, -0.1) is 6.42 Å². The van der Waals surface area contributed by atoms with Crippen LogP contribution in [0.3, 0.4) is 0 Å². The lowest BCUT2D eigenvalue weighted by Crippen LogP contribution is -2.55. The van der Waals surface area contributed by atoms with Crippen molar-refractivity contribution in [3.05, 3.63) is 18.2 Å². The minimum absolute atomic E-state index is 0.136. The van der Waals surface area contributed by atoms with Gasteiger partial charge in [0, 0.05) is 12.1 Å². The first-order valence-corrected chi connectivity index (χ1v) is 12.4. The highest BCUT2D eigenvalue weighted by Crippen LogP contribution is 2.68. The fraction of sp³-hybridized carbons (Fsp3) is 0.778. The lowest BCUT2D eigenvalue weighted by Gasteiger charge is -2.61. The second-order valence-corrected chi connectivity index (χ2v) is 12.1. The third-order valence-corrected chi connectivity index (χ3v) is 10.5. The van der Waals surface area contributed by atoms with Crippen LogP contribution in [0.4, 0.5) is 0 Å². The first-order valence-electron chi connectivity index (χ1n) is 12.4. The molecule has 1 aromatic heterocycles. The highest BCUT2D eigenvalue weighted by Gasteiger charge is 2.61. The molecule has 1 heterocycles. The molecule has 0 spiro atoms. The molecule has 31 heavy (non-hydrogen) atoms. The van der Waals surface area contributed by atoms with Gasteiger partial charge in [0.2, 0.25) is 0 Å². The average Bonchev–Trinajstić information content (AvgIpc) is 3.31. The summed E-state index contributed by atoms with van der Waals surface area (Å²) in [4.78, 5) is 17.5. The molecule has 1 N–H and O–H groups in total. The molecule has 8 atom stereocenters. The number of hydrogen-bond acceptors (Lipinski definition) is 3. The van der Waals surface area contributed by atoms with Crippen molar-refractivity contribution in [1.82, 2.24) is 9.55 Å². The van der Waals surface area contributed by atoms with E-state index in [1.807, 2.05) is 17.7 Å². The molecule has 5 rings (SSSR count). The molecule has 4 nitrogen and oxygen atoms in total. The number of hydrogen-bond donors (Lipinski definition) is 1. The van der Waals surface area contributed by atoms with Crippen LogP contribution in [0.5, 0.6) is 0 Å². The van der Waals surface area contributed by atoms with Crippen molar-refractivity contribution in [3.8, 4) is 12.3 Å². The van der Waals surface area contributed by atoms with Gasteiger partial charge in [-0.1, -0.05) is 13.8 Å². The van der Waals surface area contributed by atoms with Crippen LogP contribution in [0.25, 0.3) is 0 Å². The van der Waals surface area contributed by atoms with E-state index in [1.165, 1.54) is 32.1 Å². The second-order valence-electron chi connectivity index (χ2n) is 12.1. The monoisotopic (exact) mass is 422 g/mol. The van der Waals surface area contributed by atoms with Crippen LogP contribution in [0.1, 0.15) is 84.3 Å². The summed E-state index contributed by atoms with van der Waals surface area (Å²) in [5.41, 5.74) is 0.631. The first-order chi connectivity index (χ1) is 14.7. The fourth-order valence-corrected chi connectivity index (χ4v) is 8.77. The van der Waals surface area contributed by atoms with Gasteiger partial charge in [-0.25, -0.2) is 4.98 Å². The summed E-state index contributed by atoms with van der Waals surface area (Å²) in [5, 5.41) is 10.7. The van der Waals surface area contributed by atoms with Gasteiger partial charge >= 0.3 is 0 Å². The van der Waals surface area contributed by atoms with Crippen LogP contribution in [-0.2, 0) is 11.3 Å². The molecular formula is C27H38N2O2. The van der Waals surface area contributed by atoms with E-state index in [9.17, 15) is 9.90 Å². The molecule has 1 aromatic rings. The molecule has 0 aliphatic heterocycles. The molecule has 4 aliphatic carbocycles. The zero-order chi connectivity index (χ0) is 22.0. The Kier molecular flexibility index (Phi) is 4.94. The van der Waals surface area contributed by atoms with Gasteiger partial charge in [-0.05, 0) is 105 Å². The Balaban J connectivity index is 1.34. The standard InChI is InChI=1S/C27H38N2O2/c1-5-19-15-29(17-28-19)16-24(30)23-9-8-21-20-7-6-18-14-25(2,31)12-13-26(18,3)22(20)10-11-27(21,23)4/h1,15,17-18,20-23,31H,6-14,16H2,2-4H3/t18-,20+,21+,22+,23-,25-,26+,27+/m1/s1. The SMILES string of the molecule is C#Cc1cn(CC(=O)[C@H]2CC[C@H]3[C@@H]4CC[C@@H]5C[C@](C)(O)CC[C@]5(C)[C@H]4CC[C@]23C)cn1. The van der Waals surface area contributed by atoms with Crippen LogP contribution in [0.2, 0.25) is 0 Å². The molecule has 0 radical (unpaired) electrons. The average molecular weight is 423 g/mol. The molecule has 0 saturated heterocycles. The minimum Gasteiger partial charge on any atom is -0.390 e. The van der Waals surface area contributed by atoms with Crippen LogP contribution < -0.4 is 0 Å². The highest BCUT2D eigenvalue weighted by atomic mass is 16.3. The van der Waals surface area contributed by atoms with Crippen molar-refractivity contribution in [2.24, 2.45) is 40.4 Å². The van der Waals surface area contributed by atoms with Crippen LogP contribution in [0, 0.1) is 52.8 Å². The van der Waals surface area contributed by atoms with Crippen molar-refractivity contribution in [1.29, 1.82) is 0 Å². The summed E-state index contributed by atoms with van der Waals surface area (Å²) in [6.07, 6.45) is 19.2. The Morgan fingerprint density at radius 3 is 2.65 bits per heavy atom. The summed E-state index contributed by atoms with van der Waals surface area (Å²) in [6, 6.07) is 0. The maximum Gasteiger partial charge on any atom is 0.156 e. The molecule has 168 valence electrons. The summed E-state index contributed by atoms with van der Waals surface area (Å²) in [5.74, 6) is 5.91. The largest absolute Gasteiger partial charge is 0.390 e. The molecule has 4 aliphatic rings. The fourth-order valence-electron chi connectivity index (χ4n) is 8.77. The van der Waals surface area contributed by atoms with E-state index in [1.54, 1.807) is 6.33 Å². The molecule has 4 saturated carbocycles. The molecule has 4 heteroatoms. The van der Waals surface area contributed by atoms with Gasteiger partial charge in [0.15, 0.2) is 5.78 Å². The van der Waals surface area contributed by atoms with E-state index in [-0.39, 0.29) is 11.3 Å². The molecule has 0 unspecified atom stereocenters. The first kappa shape index (κ1) is 21.3. The van der Waals surface area contributed by atoms with Gasteiger partial charge in [0.1, 0.15) is 5.69 Å². The van der Waals surface area contributed by atoms with Crippen molar-refractivity contribution < 1.29 is 9.90 Å². The van der Waals surface area contributed by atoms with E-state index in [4.69, 9.17) is 6.42 Å². The third-order valence-electron chi connectivity index (χ3n) is 10.5. The van der Waals surface area contributed by atoms with Gasteiger partial charge in [0.25, 0.3) is 0 Å². The maximum absolute atomic E-state index is 13.4. The minimum atomic E-state index is -0.475. The number of carbonyl (C=O) groups is 1. The van der Waals surface area contributed by atoms with Crippen molar-refractivity contribution in [2.45, 2.75) is 90.7 Å². The Morgan fingerprint density at radius 2 is 1.90 bits per heavy atom. The predicted octanol–water partition coefficient (Wildman–Crippen LogP) is 4.84. The van der Waals surface area contributed by atoms with Crippen molar-refractivity contribution in [3.63, 3.8) is 0 Å². The summed E-state index contributed by atoms with van der Waals surface area (Å²) in [6.45, 7) is 7.39. The van der Waals surface area contributed by atoms with Gasteiger partial charge < -0.3 is 9.67 Å². The molecular weight excluding hydrogens is 384 g/mol. The number of terminal acetylenes is 1. The zero-order valence-electron chi connectivity index (χ0n) is 19.4. The molecule has 0 aromatic carbocycles. The Bertz CT molecular complexity index is 911. The van der Waals surface area contributed by atoms with E-state index < -0.39 is 5.60 Å². The van der Waals surface area contributed by atoms with Gasteiger partial charge in [-0.2, -0.15) is 0 Å². The highest BCUT2D eigenvalue weighted by molar-refractivity contribution is 5.82. The lowest BCUT2D eigenvalue weighted by atomic mass is 9.44. The zero-order valence-corrected chi connectivity index (χ0v) is 19.4. The Hall–Kier alpha value is -1.60. The number of fused-ring (bicyclic) bond motifs is 5. The third kappa shape index (κ3) is 3.30. The Morgan fingerprint density at radius 1 is 1.13 bits per heavy atom. The van der Waals surface area contributed by atoms with Gasteiger partial charge in [0.05, 0.1) is 18.5 Å². The second kappa shape index (κ2) is 7.20. The van der Waals surface area contributed by atoms with Gasteiger partial charge in [-0.3, -0.25) is 4.79 Å². The number of aliphatic hydroxyl groups is 1. The number of rotatable bonds is 3. The number of Topliss-reactive ketones (excluding diaryl/α,β-unsaturated/α-hetero) is 1. The summed E-state index contributed by atoms with van der Waals surface area (Å²) in [7, 11) is 0. The normalized spacial score (nSPS) is 46.5. The Labute approximate surface area is 187 Å². The van der Waals surface area contributed by atoms with Crippen molar-refractivity contribution in [2.75, 3.05) is 0 Å². The quantitative estimate of drug-likeness (QED) is 0.709. The summed E-state index contributed by atoms with van der Waals surface area (Å²) >= 11 is 0. The van der Waals surface area contributed by atoms with Crippen LogP contribution >= 0.6 is 0 Å². The lowest BCUT2D eigenvalue weighted by molar-refractivity contribution is -0.151. The topological polar surface area (TPSA) is 55.1 Å². The predicted molar refractivity (Wildman–Crippen MR) is 121 cm³/mol. The number of aromatic nitrogens is 2. The number of imidazole rings is 1. The van der Waals surface area contributed by atoms with E-state index in [2.05, 4.69) is 24.8 Å². The van der Waals surface area contributed by atoms with Crippen LogP contribution in [0.15, 0.2) is 12.5 Å². The number of nitrogens with zero attached hydrogens (tertiary/aromatic N) is 2. The summed E-state index contributed by atoms with van der Waals surface area (Å²) < 4.78 is 1.86.